The second-order valence-electron chi connectivity index (χ2n) is 7.24. The van der Waals surface area contributed by atoms with E-state index in [4.69, 9.17) is 23.2 Å². The number of benzene rings is 2. The molecule has 1 aliphatic carbocycles. The summed E-state index contributed by atoms with van der Waals surface area (Å²) in [6.07, 6.45) is 2.32. The van der Waals surface area contributed by atoms with E-state index in [1.165, 1.54) is 0 Å². The predicted molar refractivity (Wildman–Crippen MR) is 111 cm³/mol. The molecule has 1 N–H and O–H groups in total. The average Bonchev–Trinajstić information content (AvgIpc) is 3.52. The number of nitrogens with zero attached hydrogens (tertiary/aromatic N) is 2. The van der Waals surface area contributed by atoms with Gasteiger partial charge in [0.15, 0.2) is 0 Å². The number of hydrogen-bond donors (Lipinski definition) is 1. The van der Waals surface area contributed by atoms with Crippen LogP contribution in [0.1, 0.15) is 24.4 Å². The van der Waals surface area contributed by atoms with E-state index < -0.39 is 0 Å². The maximum absolute atomic E-state index is 12.8. The topological polar surface area (TPSA) is 35.6 Å². The van der Waals surface area contributed by atoms with Crippen molar-refractivity contribution in [2.75, 3.05) is 31.1 Å². The van der Waals surface area contributed by atoms with Crippen LogP contribution in [0.5, 0.6) is 0 Å². The van der Waals surface area contributed by atoms with E-state index in [-0.39, 0.29) is 12.1 Å². The summed E-state index contributed by atoms with van der Waals surface area (Å²) in [4.78, 5) is 17.0. The molecule has 1 unspecified atom stereocenters. The molecule has 1 atom stereocenters. The van der Waals surface area contributed by atoms with Gasteiger partial charge in [-0.05, 0) is 48.6 Å². The van der Waals surface area contributed by atoms with Crippen molar-refractivity contribution in [3.8, 4) is 0 Å². The number of hydrogen-bond acceptors (Lipinski definition) is 2. The Morgan fingerprint density at radius 1 is 0.963 bits per heavy atom. The second kappa shape index (κ2) is 7.99. The van der Waals surface area contributed by atoms with Gasteiger partial charge >= 0.3 is 6.03 Å². The van der Waals surface area contributed by atoms with Crippen molar-refractivity contribution in [2.24, 2.45) is 5.92 Å². The zero-order valence-electron chi connectivity index (χ0n) is 15.1. The number of nitrogens with one attached hydrogen (secondary N) is 1. The van der Waals surface area contributed by atoms with Crippen LogP contribution in [-0.4, -0.2) is 37.1 Å². The summed E-state index contributed by atoms with van der Waals surface area (Å²) in [5.41, 5.74) is 2.17. The molecule has 2 fully saturated rings. The van der Waals surface area contributed by atoms with Crippen LogP contribution in [0.3, 0.4) is 0 Å². The number of urea groups is 1. The number of halogens is 2. The lowest BCUT2D eigenvalue weighted by Gasteiger charge is -2.37. The molecule has 0 spiro atoms. The Morgan fingerprint density at radius 3 is 2.26 bits per heavy atom. The lowest BCUT2D eigenvalue weighted by atomic mass is 10.0. The van der Waals surface area contributed by atoms with E-state index in [1.54, 1.807) is 0 Å². The first-order chi connectivity index (χ1) is 13.1. The van der Waals surface area contributed by atoms with Crippen molar-refractivity contribution < 1.29 is 4.79 Å². The fourth-order valence-electron chi connectivity index (χ4n) is 3.66. The fourth-order valence-corrected chi connectivity index (χ4v) is 4.04. The summed E-state index contributed by atoms with van der Waals surface area (Å²) in [5.74, 6) is 0.527. The van der Waals surface area contributed by atoms with E-state index >= 15 is 0 Å². The third-order valence-corrected chi connectivity index (χ3v) is 5.93. The number of rotatable bonds is 4. The van der Waals surface area contributed by atoms with Crippen molar-refractivity contribution in [1.29, 1.82) is 0 Å². The van der Waals surface area contributed by atoms with Crippen molar-refractivity contribution >= 4 is 34.9 Å². The molecule has 142 valence electrons. The molecule has 0 radical (unpaired) electrons. The lowest BCUT2D eigenvalue weighted by Crippen LogP contribution is -2.52. The van der Waals surface area contributed by atoms with Crippen molar-refractivity contribution in [3.05, 3.63) is 64.1 Å². The van der Waals surface area contributed by atoms with Crippen molar-refractivity contribution in [2.45, 2.75) is 18.9 Å². The van der Waals surface area contributed by atoms with E-state index in [0.29, 0.717) is 19.0 Å². The highest BCUT2D eigenvalue weighted by atomic mass is 35.5. The molecule has 1 saturated heterocycles. The monoisotopic (exact) mass is 403 g/mol. The minimum atomic E-state index is 0.0145. The van der Waals surface area contributed by atoms with Gasteiger partial charge in [-0.3, -0.25) is 0 Å². The Bertz CT molecular complexity index is 799. The summed E-state index contributed by atoms with van der Waals surface area (Å²) >= 11 is 12.3. The van der Waals surface area contributed by atoms with Crippen LogP contribution in [0.15, 0.2) is 48.5 Å². The summed E-state index contributed by atoms with van der Waals surface area (Å²) in [7, 11) is 0. The molecule has 1 aliphatic heterocycles. The van der Waals surface area contributed by atoms with Crippen LogP contribution in [0.2, 0.25) is 10.0 Å². The number of piperazine rings is 1. The van der Waals surface area contributed by atoms with Gasteiger partial charge in [-0.15, -0.1) is 0 Å². The zero-order chi connectivity index (χ0) is 18.8. The van der Waals surface area contributed by atoms with Gasteiger partial charge in [0.25, 0.3) is 0 Å². The van der Waals surface area contributed by atoms with Gasteiger partial charge in [0.2, 0.25) is 0 Å². The Balaban J connectivity index is 1.37. The SMILES string of the molecule is O=C(NC(c1ccc(Cl)cc1)C1CC1)N1CCN(c2ccccc2Cl)CC1. The Hall–Kier alpha value is -1.91. The summed E-state index contributed by atoms with van der Waals surface area (Å²) < 4.78 is 0. The normalized spacial score (nSPS) is 18.3. The number of para-hydroxylation sites is 1. The van der Waals surface area contributed by atoms with Crippen molar-refractivity contribution in [3.63, 3.8) is 0 Å². The smallest absolute Gasteiger partial charge is 0.318 e. The number of carbonyl (C=O) groups excluding carboxylic acids is 1. The largest absolute Gasteiger partial charge is 0.367 e. The van der Waals surface area contributed by atoms with E-state index in [1.807, 2.05) is 53.4 Å². The summed E-state index contributed by atoms with van der Waals surface area (Å²) in [6, 6.07) is 15.8. The van der Waals surface area contributed by atoms with Crippen LogP contribution >= 0.6 is 23.2 Å². The van der Waals surface area contributed by atoms with Gasteiger partial charge in [0, 0.05) is 31.2 Å². The molecule has 0 bridgehead atoms. The van der Waals surface area contributed by atoms with Crippen molar-refractivity contribution in [1.82, 2.24) is 10.2 Å². The van der Waals surface area contributed by atoms with Gasteiger partial charge < -0.3 is 15.1 Å². The van der Waals surface area contributed by atoms with Gasteiger partial charge in [0.1, 0.15) is 0 Å². The number of anilines is 1. The van der Waals surface area contributed by atoms with Gasteiger partial charge in [-0.2, -0.15) is 0 Å². The van der Waals surface area contributed by atoms with Gasteiger partial charge in [-0.25, -0.2) is 4.79 Å². The van der Waals surface area contributed by atoms with Crippen LogP contribution in [0, 0.1) is 5.92 Å². The molecule has 2 amide bonds. The minimum absolute atomic E-state index is 0.0145. The maximum Gasteiger partial charge on any atom is 0.318 e. The van der Waals surface area contributed by atoms with E-state index in [9.17, 15) is 4.79 Å². The molecule has 2 aromatic rings. The molecule has 1 heterocycles. The van der Waals surface area contributed by atoms with Crippen LogP contribution in [-0.2, 0) is 0 Å². The van der Waals surface area contributed by atoms with Crippen LogP contribution in [0.4, 0.5) is 10.5 Å². The number of amides is 2. The van der Waals surface area contributed by atoms with E-state index in [0.717, 1.165) is 47.2 Å². The van der Waals surface area contributed by atoms with Gasteiger partial charge in [-0.1, -0.05) is 47.5 Å². The van der Waals surface area contributed by atoms with Gasteiger partial charge in [0.05, 0.1) is 16.8 Å². The average molecular weight is 404 g/mol. The van der Waals surface area contributed by atoms with Crippen LogP contribution < -0.4 is 10.2 Å². The summed E-state index contributed by atoms with van der Waals surface area (Å²) in [6.45, 7) is 2.95. The minimum Gasteiger partial charge on any atom is -0.367 e. The lowest BCUT2D eigenvalue weighted by molar-refractivity contribution is 0.189. The molecule has 2 aromatic carbocycles. The first kappa shape index (κ1) is 18.5. The zero-order valence-corrected chi connectivity index (χ0v) is 16.6. The predicted octanol–water partition coefficient (Wildman–Crippen LogP) is 4.98. The highest BCUT2D eigenvalue weighted by Crippen LogP contribution is 2.41. The van der Waals surface area contributed by atoms with E-state index in [2.05, 4.69) is 10.2 Å². The fraction of sp³-hybridized carbons (Fsp3) is 0.381. The number of carbonyl (C=O) groups is 1. The Labute approximate surface area is 170 Å². The summed E-state index contributed by atoms with van der Waals surface area (Å²) in [5, 5.41) is 4.72. The molecule has 27 heavy (non-hydrogen) atoms. The highest BCUT2D eigenvalue weighted by molar-refractivity contribution is 6.33. The quantitative estimate of drug-likeness (QED) is 0.781. The van der Waals surface area contributed by atoms with Crippen LogP contribution in [0.25, 0.3) is 0 Å². The molecule has 6 heteroatoms. The standard InChI is InChI=1S/C21H23Cl2N3O/c22-17-9-7-16(8-10-17)20(15-5-6-15)24-21(27)26-13-11-25(12-14-26)19-4-2-1-3-18(19)23/h1-4,7-10,15,20H,5-6,11-14H2,(H,24,27). The molecule has 4 nitrogen and oxygen atoms in total. The molecule has 2 aliphatic rings. The first-order valence-corrected chi connectivity index (χ1v) is 10.2. The maximum atomic E-state index is 12.8. The second-order valence-corrected chi connectivity index (χ2v) is 8.09. The molecular formula is C21H23Cl2N3O. The Morgan fingerprint density at radius 2 is 1.63 bits per heavy atom. The third kappa shape index (κ3) is 4.33. The molecule has 4 rings (SSSR count). The molecule has 1 saturated carbocycles. The molecular weight excluding hydrogens is 381 g/mol. The first-order valence-electron chi connectivity index (χ1n) is 9.42. The third-order valence-electron chi connectivity index (χ3n) is 5.36. The Kier molecular flexibility index (Phi) is 5.46. The highest BCUT2D eigenvalue weighted by Gasteiger charge is 2.34. The molecule has 0 aromatic heterocycles.